The number of nitrogens with zero attached hydrogens (tertiary/aromatic N) is 3. The summed E-state index contributed by atoms with van der Waals surface area (Å²) in [6.07, 6.45) is 3.10. The van der Waals surface area contributed by atoms with Crippen molar-refractivity contribution in [3.05, 3.63) is 64.6 Å². The molecule has 1 saturated heterocycles. The number of benzene rings is 2. The molecule has 0 saturated carbocycles. The third-order valence-electron chi connectivity index (χ3n) is 7.39. The Morgan fingerprint density at radius 3 is 2.74 bits per heavy atom. The molecule has 0 radical (unpaired) electrons. The number of anilines is 1. The molecule has 1 fully saturated rings. The van der Waals surface area contributed by atoms with Gasteiger partial charge in [-0.1, -0.05) is 23.7 Å². The average molecular weight is 620 g/mol. The molecule has 42 heavy (non-hydrogen) atoms. The number of nitrogens with one attached hydrogen (secondary N) is 2. The highest BCUT2D eigenvalue weighted by molar-refractivity contribution is 7.89. The fourth-order valence-electron chi connectivity index (χ4n) is 5.02. The zero-order chi connectivity index (χ0) is 30.0. The molecule has 14 heteroatoms. The van der Waals surface area contributed by atoms with Gasteiger partial charge in [-0.2, -0.15) is 4.31 Å². The van der Waals surface area contributed by atoms with Gasteiger partial charge in [-0.3, -0.25) is 4.79 Å². The van der Waals surface area contributed by atoms with Crippen molar-refractivity contribution in [3.63, 3.8) is 0 Å². The van der Waals surface area contributed by atoms with Gasteiger partial charge in [-0.05, 0) is 49.1 Å². The van der Waals surface area contributed by atoms with E-state index in [0.717, 1.165) is 17.1 Å². The Morgan fingerprint density at radius 2 is 2.02 bits per heavy atom. The highest BCUT2D eigenvalue weighted by Gasteiger charge is 2.41. The smallest absolute Gasteiger partial charge is 0.244 e. The number of aliphatic hydroxyl groups excluding tert-OH is 1. The van der Waals surface area contributed by atoms with Gasteiger partial charge in [0.15, 0.2) is 0 Å². The van der Waals surface area contributed by atoms with Gasteiger partial charge in [-0.25, -0.2) is 22.8 Å². The molecule has 224 valence electrons. The summed E-state index contributed by atoms with van der Waals surface area (Å²) in [7, 11) is -2.71. The second kappa shape index (κ2) is 12.5. The zero-order valence-corrected chi connectivity index (χ0v) is 24.6. The molecule has 0 bridgehead atoms. The van der Waals surface area contributed by atoms with Crippen LogP contribution in [0.1, 0.15) is 36.9 Å². The van der Waals surface area contributed by atoms with E-state index in [0.29, 0.717) is 36.0 Å². The van der Waals surface area contributed by atoms with Crippen molar-refractivity contribution in [1.82, 2.24) is 19.6 Å². The normalized spacial score (nSPS) is 18.2. The standard InChI is InChI=1S/C28H31ClFN5O6S/c1-16(27(37)33-24(15-36)19-9-20(30)12-22(10-19)40-2)35-14-18-4-3-17(11-25(18)42(35,38)39)26-23(29)13-31-28(34-26)32-21-5-7-41-8-6-21/h3-4,9-13,16,21,24,36H,5-8,14-15H2,1-2H3,(H,33,37)(H,31,32,34). The number of halogens is 2. The molecule has 2 unspecified atom stereocenters. The number of amides is 1. The first-order valence-corrected chi connectivity index (χ1v) is 15.2. The summed E-state index contributed by atoms with van der Waals surface area (Å²) in [6.45, 7) is 2.18. The largest absolute Gasteiger partial charge is 0.497 e. The molecule has 11 nitrogen and oxygen atoms in total. The lowest BCUT2D eigenvalue weighted by Crippen LogP contribution is -2.46. The van der Waals surface area contributed by atoms with Crippen LogP contribution in [-0.4, -0.2) is 72.7 Å². The number of aromatic nitrogens is 2. The zero-order valence-electron chi connectivity index (χ0n) is 23.0. The molecule has 1 aromatic heterocycles. The maximum Gasteiger partial charge on any atom is 0.244 e. The summed E-state index contributed by atoms with van der Waals surface area (Å²) in [5, 5.41) is 16.1. The van der Waals surface area contributed by atoms with Gasteiger partial charge in [-0.15, -0.1) is 0 Å². The van der Waals surface area contributed by atoms with E-state index in [1.807, 2.05) is 0 Å². The summed E-state index contributed by atoms with van der Waals surface area (Å²) in [5.74, 6) is -0.661. The number of hydrogen-bond acceptors (Lipinski definition) is 9. The summed E-state index contributed by atoms with van der Waals surface area (Å²) in [6, 6.07) is 6.77. The quantitative estimate of drug-likeness (QED) is 0.329. The Morgan fingerprint density at radius 1 is 1.26 bits per heavy atom. The number of hydrogen-bond donors (Lipinski definition) is 3. The topological polar surface area (TPSA) is 143 Å². The van der Waals surface area contributed by atoms with Crippen LogP contribution in [0.4, 0.5) is 10.3 Å². The Bertz CT molecular complexity index is 1590. The fourth-order valence-corrected chi connectivity index (χ4v) is 7.04. The van der Waals surface area contributed by atoms with Gasteiger partial charge >= 0.3 is 0 Å². The summed E-state index contributed by atoms with van der Waals surface area (Å²) in [4.78, 5) is 22.1. The molecule has 1 amide bonds. The van der Waals surface area contributed by atoms with Crippen molar-refractivity contribution in [2.45, 2.75) is 49.3 Å². The molecule has 3 N–H and O–H groups in total. The summed E-state index contributed by atoms with van der Waals surface area (Å²) in [5.41, 5.74) is 1.65. The number of carbonyl (C=O) groups excluding carboxylic acids is 1. The molecule has 2 aromatic carbocycles. The molecule has 2 aliphatic heterocycles. The van der Waals surface area contributed by atoms with Crippen LogP contribution in [-0.2, 0) is 26.1 Å². The van der Waals surface area contributed by atoms with Gasteiger partial charge in [0.25, 0.3) is 0 Å². The van der Waals surface area contributed by atoms with E-state index >= 15 is 0 Å². The highest BCUT2D eigenvalue weighted by Crippen LogP contribution is 2.36. The molecule has 2 atom stereocenters. The molecule has 3 heterocycles. The molecular weight excluding hydrogens is 589 g/mol. The molecule has 0 spiro atoms. The van der Waals surface area contributed by atoms with E-state index in [4.69, 9.17) is 21.1 Å². The Kier molecular flexibility index (Phi) is 8.94. The third-order valence-corrected chi connectivity index (χ3v) is 9.67. The van der Waals surface area contributed by atoms with E-state index in [-0.39, 0.29) is 33.8 Å². The minimum Gasteiger partial charge on any atom is -0.497 e. The number of rotatable bonds is 9. The van der Waals surface area contributed by atoms with Crippen molar-refractivity contribution >= 4 is 33.5 Å². The minimum atomic E-state index is -4.08. The molecule has 0 aliphatic carbocycles. The predicted molar refractivity (Wildman–Crippen MR) is 153 cm³/mol. The van der Waals surface area contributed by atoms with Crippen molar-refractivity contribution < 1.29 is 32.2 Å². The van der Waals surface area contributed by atoms with Crippen LogP contribution in [0, 0.1) is 5.82 Å². The number of methoxy groups -OCH3 is 1. The van der Waals surface area contributed by atoms with Crippen molar-refractivity contribution in [2.24, 2.45) is 0 Å². The first-order valence-electron chi connectivity index (χ1n) is 13.4. The number of sulfonamides is 1. The molecule has 2 aliphatic rings. The molecule has 3 aromatic rings. The first kappa shape index (κ1) is 30.1. The lowest BCUT2D eigenvalue weighted by Gasteiger charge is -2.25. The highest BCUT2D eigenvalue weighted by atomic mass is 35.5. The van der Waals surface area contributed by atoms with Gasteiger partial charge < -0.3 is 25.2 Å². The predicted octanol–water partition coefficient (Wildman–Crippen LogP) is 3.28. The monoisotopic (exact) mass is 619 g/mol. The van der Waals surface area contributed by atoms with Crippen LogP contribution in [0.2, 0.25) is 5.02 Å². The third kappa shape index (κ3) is 6.20. The van der Waals surface area contributed by atoms with Crippen molar-refractivity contribution in [3.8, 4) is 17.0 Å². The van der Waals surface area contributed by atoms with Crippen molar-refractivity contribution in [1.29, 1.82) is 0 Å². The van der Waals surface area contributed by atoms with Gasteiger partial charge in [0.05, 0.1) is 41.6 Å². The first-order chi connectivity index (χ1) is 20.1. The summed E-state index contributed by atoms with van der Waals surface area (Å²) < 4.78 is 52.8. The van der Waals surface area contributed by atoms with Gasteiger partial charge in [0.1, 0.15) is 17.6 Å². The van der Waals surface area contributed by atoms with Gasteiger partial charge in [0, 0.05) is 37.4 Å². The lowest BCUT2D eigenvalue weighted by atomic mass is 10.1. The fraction of sp³-hybridized carbons (Fsp3) is 0.393. The van der Waals surface area contributed by atoms with Crippen molar-refractivity contribution in [2.75, 3.05) is 32.2 Å². The van der Waals surface area contributed by atoms with E-state index in [2.05, 4.69) is 20.6 Å². The Hall–Kier alpha value is -3.36. The number of carbonyl (C=O) groups is 1. The molecular formula is C28H31ClFN5O6S. The SMILES string of the molecule is COc1cc(F)cc(C(CO)NC(=O)C(C)N2Cc3ccc(-c4nc(NC5CCOCC5)ncc4Cl)cc3S2(=O)=O)c1. The van der Waals surface area contributed by atoms with Gasteiger partial charge in [0.2, 0.25) is 21.9 Å². The van der Waals surface area contributed by atoms with E-state index < -0.39 is 40.4 Å². The number of aliphatic hydroxyl groups is 1. The van der Waals surface area contributed by atoms with Crippen LogP contribution >= 0.6 is 11.6 Å². The minimum absolute atomic E-state index is 0.0296. The summed E-state index contributed by atoms with van der Waals surface area (Å²) >= 11 is 6.42. The van der Waals surface area contributed by atoms with E-state index in [1.165, 1.54) is 44.5 Å². The van der Waals surface area contributed by atoms with Crippen LogP contribution in [0.3, 0.4) is 0 Å². The van der Waals surface area contributed by atoms with Crippen LogP contribution in [0.15, 0.2) is 47.5 Å². The average Bonchev–Trinajstić information content (AvgIpc) is 3.25. The lowest BCUT2D eigenvalue weighted by molar-refractivity contribution is -0.125. The van der Waals surface area contributed by atoms with Crippen LogP contribution in [0.25, 0.3) is 11.3 Å². The maximum atomic E-state index is 14.0. The van der Waals surface area contributed by atoms with Crippen LogP contribution < -0.4 is 15.4 Å². The number of fused-ring (bicyclic) bond motifs is 1. The second-order valence-electron chi connectivity index (χ2n) is 10.1. The maximum absolute atomic E-state index is 14.0. The Labute approximate surface area is 248 Å². The second-order valence-corrected chi connectivity index (χ2v) is 12.4. The number of ether oxygens (including phenoxy) is 2. The van der Waals surface area contributed by atoms with E-state index in [1.54, 1.807) is 12.1 Å². The molecule has 5 rings (SSSR count). The van der Waals surface area contributed by atoms with Crippen LogP contribution in [0.5, 0.6) is 5.75 Å². The van der Waals surface area contributed by atoms with E-state index in [9.17, 15) is 22.7 Å². The Balaban J connectivity index is 1.35.